The number of hydrogen-bond acceptors (Lipinski definition) is 1. The molecule has 13 heavy (non-hydrogen) atoms. The smallest absolute Gasteiger partial charge is 0.0972 e. The Morgan fingerprint density at radius 1 is 1.38 bits per heavy atom. The molecule has 3 heteroatoms. The normalized spacial score (nSPS) is 17.0. The quantitative estimate of drug-likeness (QED) is 0.734. The van der Waals surface area contributed by atoms with Gasteiger partial charge in [0.1, 0.15) is 0 Å². The van der Waals surface area contributed by atoms with Crippen LogP contribution in [-0.2, 0) is 11.0 Å². The second kappa shape index (κ2) is 5.76. The highest BCUT2D eigenvalue weighted by Crippen LogP contribution is 2.10. The van der Waals surface area contributed by atoms with Gasteiger partial charge < -0.3 is 0 Å². The molecule has 0 aliphatic carbocycles. The average Bonchev–Trinajstić information content (AvgIpc) is 1.99. The average molecular weight is 205 g/mol. The monoisotopic (exact) mass is 205 g/mol. The van der Waals surface area contributed by atoms with Crippen LogP contribution in [0.5, 0.6) is 0 Å². The predicted molar refractivity (Wildman–Crippen MR) is 60.0 cm³/mol. The topological polar surface area (TPSA) is 29.1 Å². The van der Waals surface area contributed by atoms with Crippen LogP contribution in [0, 0.1) is 0 Å². The molecular formula is C10H23NOS. The van der Waals surface area contributed by atoms with Gasteiger partial charge in [0.05, 0.1) is 15.7 Å². The fourth-order valence-electron chi connectivity index (χ4n) is 0.929. The molecule has 0 rings (SSSR count). The first-order valence-corrected chi connectivity index (χ1v) is 6.21. The predicted octanol–water partition coefficient (Wildman–Crippen LogP) is 2.62. The minimum Gasteiger partial charge on any atom is -0.242 e. The van der Waals surface area contributed by atoms with E-state index in [9.17, 15) is 4.21 Å². The summed E-state index contributed by atoms with van der Waals surface area (Å²) in [5.41, 5.74) is 0. The summed E-state index contributed by atoms with van der Waals surface area (Å²) < 4.78 is 14.6. The molecule has 0 fully saturated rings. The molecule has 80 valence electrons. The molecule has 0 bridgehead atoms. The van der Waals surface area contributed by atoms with E-state index in [1.807, 2.05) is 20.8 Å². The van der Waals surface area contributed by atoms with Crippen molar-refractivity contribution in [1.29, 1.82) is 0 Å². The lowest BCUT2D eigenvalue weighted by Gasteiger charge is -2.21. The van der Waals surface area contributed by atoms with E-state index in [-0.39, 0.29) is 4.75 Å². The highest BCUT2D eigenvalue weighted by molar-refractivity contribution is 7.84. The van der Waals surface area contributed by atoms with Gasteiger partial charge in [0.2, 0.25) is 0 Å². The van der Waals surface area contributed by atoms with Crippen molar-refractivity contribution in [2.75, 3.05) is 0 Å². The standard InChI is InChI=1S/C10H23NOS/c1-6-7-8-9(2)11-13(12)10(3,4)5/h9,11H,6-8H2,1-5H3/t9-,13+/m0/s1. The molecular weight excluding hydrogens is 182 g/mol. The van der Waals surface area contributed by atoms with E-state index in [4.69, 9.17) is 0 Å². The number of unbranched alkanes of at least 4 members (excludes halogenated alkanes) is 1. The maximum atomic E-state index is 11.6. The lowest BCUT2D eigenvalue weighted by molar-refractivity contribution is 0.559. The summed E-state index contributed by atoms with van der Waals surface area (Å²) in [5.74, 6) is 0. The third kappa shape index (κ3) is 6.22. The molecule has 1 N–H and O–H groups in total. The van der Waals surface area contributed by atoms with E-state index in [0.29, 0.717) is 6.04 Å². The zero-order chi connectivity index (χ0) is 10.5. The Morgan fingerprint density at radius 3 is 2.31 bits per heavy atom. The van der Waals surface area contributed by atoms with Crippen molar-refractivity contribution >= 4 is 11.0 Å². The van der Waals surface area contributed by atoms with Crippen molar-refractivity contribution in [3.05, 3.63) is 0 Å². The van der Waals surface area contributed by atoms with Gasteiger partial charge in [-0.1, -0.05) is 19.8 Å². The van der Waals surface area contributed by atoms with E-state index < -0.39 is 11.0 Å². The molecule has 0 aliphatic rings. The van der Waals surface area contributed by atoms with Crippen LogP contribution >= 0.6 is 0 Å². The molecule has 2 atom stereocenters. The SMILES string of the molecule is CCCC[C@H](C)N[S@](=O)C(C)(C)C. The lowest BCUT2D eigenvalue weighted by Crippen LogP contribution is -2.38. The van der Waals surface area contributed by atoms with Crippen molar-refractivity contribution in [3.63, 3.8) is 0 Å². The molecule has 0 amide bonds. The fraction of sp³-hybridized carbons (Fsp3) is 1.00. The van der Waals surface area contributed by atoms with Gasteiger partial charge in [-0.3, -0.25) is 0 Å². The van der Waals surface area contributed by atoms with Crippen molar-refractivity contribution in [3.8, 4) is 0 Å². The van der Waals surface area contributed by atoms with E-state index in [0.717, 1.165) is 6.42 Å². The number of nitrogens with one attached hydrogen (secondary N) is 1. The maximum Gasteiger partial charge on any atom is 0.0972 e. The first-order chi connectivity index (χ1) is 5.88. The minimum absolute atomic E-state index is 0.152. The third-order valence-corrected chi connectivity index (χ3v) is 3.58. The third-order valence-electron chi connectivity index (χ3n) is 1.86. The Balaban J connectivity index is 3.79. The van der Waals surface area contributed by atoms with Crippen molar-refractivity contribution in [2.24, 2.45) is 0 Å². The number of rotatable bonds is 5. The Kier molecular flexibility index (Phi) is 5.81. The molecule has 2 nitrogen and oxygen atoms in total. The second-order valence-corrected chi connectivity index (χ2v) is 6.54. The molecule has 0 aromatic rings. The van der Waals surface area contributed by atoms with Gasteiger partial charge in [0.25, 0.3) is 0 Å². The Bertz CT molecular complexity index is 163. The van der Waals surface area contributed by atoms with Crippen LogP contribution in [0.3, 0.4) is 0 Å². The van der Waals surface area contributed by atoms with Crippen LogP contribution in [0.15, 0.2) is 0 Å². The molecule has 0 radical (unpaired) electrons. The first kappa shape index (κ1) is 13.1. The van der Waals surface area contributed by atoms with E-state index in [1.165, 1.54) is 12.8 Å². The van der Waals surface area contributed by atoms with Gasteiger partial charge in [-0.15, -0.1) is 0 Å². The second-order valence-electron chi connectivity index (χ2n) is 4.54. The molecule has 0 unspecified atom stereocenters. The fourth-order valence-corrected chi connectivity index (χ4v) is 1.77. The maximum absolute atomic E-state index is 11.6. The summed E-state index contributed by atoms with van der Waals surface area (Å²) in [6, 6.07) is 0.361. The van der Waals surface area contributed by atoms with Gasteiger partial charge in [0.15, 0.2) is 0 Å². The molecule has 0 saturated heterocycles. The van der Waals surface area contributed by atoms with Gasteiger partial charge in [-0.2, -0.15) is 0 Å². The van der Waals surface area contributed by atoms with Crippen molar-refractivity contribution in [2.45, 2.75) is 64.7 Å². The zero-order valence-corrected chi connectivity index (χ0v) is 10.3. The van der Waals surface area contributed by atoms with E-state index in [2.05, 4.69) is 18.6 Å². The molecule has 0 spiro atoms. The van der Waals surface area contributed by atoms with E-state index >= 15 is 0 Å². The largest absolute Gasteiger partial charge is 0.242 e. The van der Waals surface area contributed by atoms with E-state index in [1.54, 1.807) is 0 Å². The zero-order valence-electron chi connectivity index (χ0n) is 9.52. The molecule has 0 aromatic heterocycles. The minimum atomic E-state index is -0.921. The van der Waals surface area contributed by atoms with Gasteiger partial charge >= 0.3 is 0 Å². The number of hydrogen-bond donors (Lipinski definition) is 1. The first-order valence-electron chi connectivity index (χ1n) is 5.06. The van der Waals surface area contributed by atoms with Crippen LogP contribution < -0.4 is 4.72 Å². The Labute approximate surface area is 85.1 Å². The van der Waals surface area contributed by atoms with Crippen LogP contribution in [0.25, 0.3) is 0 Å². The van der Waals surface area contributed by atoms with Crippen LogP contribution in [0.4, 0.5) is 0 Å². The van der Waals surface area contributed by atoms with Crippen molar-refractivity contribution in [1.82, 2.24) is 4.72 Å². The molecule has 0 aromatic carbocycles. The molecule has 0 heterocycles. The van der Waals surface area contributed by atoms with Gasteiger partial charge in [0, 0.05) is 6.04 Å². The summed E-state index contributed by atoms with van der Waals surface area (Å²) in [7, 11) is -0.921. The molecule has 0 saturated carbocycles. The highest BCUT2D eigenvalue weighted by atomic mass is 32.2. The van der Waals surface area contributed by atoms with Gasteiger partial charge in [-0.25, -0.2) is 8.93 Å². The van der Waals surface area contributed by atoms with Crippen LogP contribution in [0.2, 0.25) is 0 Å². The van der Waals surface area contributed by atoms with Crippen LogP contribution in [0.1, 0.15) is 53.9 Å². The van der Waals surface area contributed by atoms with Crippen LogP contribution in [-0.4, -0.2) is 15.0 Å². The Hall–Kier alpha value is 0.110. The summed E-state index contributed by atoms with van der Waals surface area (Å²) >= 11 is 0. The molecule has 0 aliphatic heterocycles. The lowest BCUT2D eigenvalue weighted by atomic mass is 10.2. The Morgan fingerprint density at radius 2 is 1.92 bits per heavy atom. The van der Waals surface area contributed by atoms with Crippen molar-refractivity contribution < 1.29 is 4.21 Å². The summed E-state index contributed by atoms with van der Waals surface area (Å²) in [5, 5.41) is 0. The van der Waals surface area contributed by atoms with Gasteiger partial charge in [-0.05, 0) is 34.1 Å². The summed E-state index contributed by atoms with van der Waals surface area (Å²) in [4.78, 5) is 0. The highest BCUT2D eigenvalue weighted by Gasteiger charge is 2.20. The summed E-state index contributed by atoms with van der Waals surface area (Å²) in [6.07, 6.45) is 3.52. The summed E-state index contributed by atoms with van der Waals surface area (Å²) in [6.45, 7) is 10.2.